The van der Waals surface area contributed by atoms with Crippen LogP contribution in [0.2, 0.25) is 0 Å². The van der Waals surface area contributed by atoms with Crippen LogP contribution < -0.4 is 5.32 Å². The summed E-state index contributed by atoms with van der Waals surface area (Å²) < 4.78 is 0. The largest absolute Gasteiger partial charge is 0.343 e. The first-order valence-corrected chi connectivity index (χ1v) is 6.68. The van der Waals surface area contributed by atoms with Crippen LogP contribution in [-0.4, -0.2) is 35.4 Å². The second-order valence-corrected chi connectivity index (χ2v) is 4.79. The van der Waals surface area contributed by atoms with E-state index in [1.165, 1.54) is 5.56 Å². The molecule has 1 aliphatic rings. The second kappa shape index (κ2) is 6.50. The number of hydrogen-bond acceptors (Lipinski definition) is 3. The molecule has 0 spiro atoms. The standard InChI is InChI=1S/C14H21N3O/c1-12(13-4-7-15-8-5-13)16-9-6-14(18)17-10-2-3-11-17/h4-5,7-8,12,16H,2-3,6,9-11H2,1H3. The lowest BCUT2D eigenvalue weighted by molar-refractivity contribution is -0.130. The molecule has 1 aliphatic heterocycles. The minimum absolute atomic E-state index is 0.263. The van der Waals surface area contributed by atoms with E-state index in [1.807, 2.05) is 17.0 Å². The summed E-state index contributed by atoms with van der Waals surface area (Å²) in [4.78, 5) is 17.8. The normalized spacial score (nSPS) is 16.8. The van der Waals surface area contributed by atoms with Crippen molar-refractivity contribution in [3.05, 3.63) is 30.1 Å². The van der Waals surface area contributed by atoms with Crippen LogP contribution in [-0.2, 0) is 4.79 Å². The van der Waals surface area contributed by atoms with Gasteiger partial charge in [0.1, 0.15) is 0 Å². The molecule has 18 heavy (non-hydrogen) atoms. The van der Waals surface area contributed by atoms with E-state index in [-0.39, 0.29) is 11.9 Å². The van der Waals surface area contributed by atoms with E-state index in [2.05, 4.69) is 17.2 Å². The number of rotatable bonds is 5. The topological polar surface area (TPSA) is 45.2 Å². The fraction of sp³-hybridized carbons (Fsp3) is 0.571. The van der Waals surface area contributed by atoms with Crippen LogP contribution in [0.1, 0.15) is 37.8 Å². The maximum Gasteiger partial charge on any atom is 0.223 e. The fourth-order valence-electron chi connectivity index (χ4n) is 2.29. The minimum atomic E-state index is 0.263. The molecule has 1 aromatic heterocycles. The Morgan fingerprint density at radius 2 is 2.06 bits per heavy atom. The average molecular weight is 247 g/mol. The van der Waals surface area contributed by atoms with Crippen LogP contribution in [0, 0.1) is 0 Å². The van der Waals surface area contributed by atoms with Crippen molar-refractivity contribution in [2.24, 2.45) is 0 Å². The quantitative estimate of drug-likeness (QED) is 0.862. The van der Waals surface area contributed by atoms with Gasteiger partial charge >= 0.3 is 0 Å². The van der Waals surface area contributed by atoms with E-state index in [9.17, 15) is 4.79 Å². The Morgan fingerprint density at radius 3 is 2.72 bits per heavy atom. The predicted molar refractivity (Wildman–Crippen MR) is 71.1 cm³/mol. The lowest BCUT2D eigenvalue weighted by atomic mass is 10.1. The van der Waals surface area contributed by atoms with Gasteiger partial charge in [-0.05, 0) is 37.5 Å². The van der Waals surface area contributed by atoms with Crippen molar-refractivity contribution in [1.82, 2.24) is 15.2 Å². The fourth-order valence-corrected chi connectivity index (χ4v) is 2.29. The first-order valence-electron chi connectivity index (χ1n) is 6.68. The van der Waals surface area contributed by atoms with Crippen LogP contribution in [0.25, 0.3) is 0 Å². The van der Waals surface area contributed by atoms with Crippen molar-refractivity contribution < 1.29 is 4.79 Å². The first kappa shape index (κ1) is 13.0. The molecule has 1 N–H and O–H groups in total. The molecular formula is C14H21N3O. The zero-order valence-corrected chi connectivity index (χ0v) is 10.9. The Balaban J connectivity index is 1.70. The summed E-state index contributed by atoms with van der Waals surface area (Å²) in [5, 5.41) is 3.38. The molecule has 98 valence electrons. The molecule has 1 fully saturated rings. The smallest absolute Gasteiger partial charge is 0.223 e. The highest BCUT2D eigenvalue weighted by Crippen LogP contribution is 2.11. The molecule has 0 aliphatic carbocycles. The lowest BCUT2D eigenvalue weighted by Crippen LogP contribution is -2.31. The zero-order valence-electron chi connectivity index (χ0n) is 10.9. The van der Waals surface area contributed by atoms with Gasteiger partial charge in [-0.2, -0.15) is 0 Å². The van der Waals surface area contributed by atoms with Crippen molar-refractivity contribution in [2.45, 2.75) is 32.2 Å². The summed E-state index contributed by atoms with van der Waals surface area (Å²) in [7, 11) is 0. The van der Waals surface area contributed by atoms with Crippen molar-refractivity contribution in [3.63, 3.8) is 0 Å². The van der Waals surface area contributed by atoms with Gasteiger partial charge in [0.2, 0.25) is 5.91 Å². The molecule has 2 rings (SSSR count). The number of carbonyl (C=O) groups is 1. The van der Waals surface area contributed by atoms with Crippen molar-refractivity contribution in [1.29, 1.82) is 0 Å². The average Bonchev–Trinajstić information content (AvgIpc) is 2.93. The highest BCUT2D eigenvalue weighted by molar-refractivity contribution is 5.76. The molecule has 1 unspecified atom stereocenters. The highest BCUT2D eigenvalue weighted by atomic mass is 16.2. The SMILES string of the molecule is CC(NCCC(=O)N1CCCC1)c1ccncc1. The zero-order chi connectivity index (χ0) is 12.8. The van der Waals surface area contributed by atoms with Gasteiger partial charge in [-0.1, -0.05) is 0 Å². The van der Waals surface area contributed by atoms with E-state index in [4.69, 9.17) is 0 Å². The lowest BCUT2D eigenvalue weighted by Gasteiger charge is -2.17. The van der Waals surface area contributed by atoms with Crippen molar-refractivity contribution >= 4 is 5.91 Å². The molecule has 4 nitrogen and oxygen atoms in total. The Hall–Kier alpha value is -1.42. The van der Waals surface area contributed by atoms with Gasteiger partial charge in [-0.3, -0.25) is 9.78 Å². The molecule has 2 heterocycles. The highest BCUT2D eigenvalue weighted by Gasteiger charge is 2.17. The monoisotopic (exact) mass is 247 g/mol. The van der Waals surface area contributed by atoms with Gasteiger partial charge in [0.05, 0.1) is 0 Å². The Labute approximate surface area is 108 Å². The number of nitrogens with zero attached hydrogens (tertiary/aromatic N) is 2. The van der Waals surface area contributed by atoms with Gasteiger partial charge in [0, 0.05) is 44.5 Å². The Kier molecular flexibility index (Phi) is 4.70. The minimum Gasteiger partial charge on any atom is -0.343 e. The van der Waals surface area contributed by atoms with Crippen molar-refractivity contribution in [3.8, 4) is 0 Å². The van der Waals surface area contributed by atoms with E-state index in [0.29, 0.717) is 6.42 Å². The molecule has 0 aromatic carbocycles. The van der Waals surface area contributed by atoms with Crippen molar-refractivity contribution in [2.75, 3.05) is 19.6 Å². The number of pyridine rings is 1. The van der Waals surface area contributed by atoms with Gasteiger partial charge in [-0.25, -0.2) is 0 Å². The number of amides is 1. The maximum absolute atomic E-state index is 11.8. The van der Waals surface area contributed by atoms with E-state index >= 15 is 0 Å². The van der Waals surface area contributed by atoms with Crippen LogP contribution in [0.3, 0.4) is 0 Å². The molecule has 1 aromatic rings. The number of hydrogen-bond donors (Lipinski definition) is 1. The van der Waals surface area contributed by atoms with Crippen LogP contribution in [0.4, 0.5) is 0 Å². The van der Waals surface area contributed by atoms with E-state index in [1.54, 1.807) is 12.4 Å². The van der Waals surface area contributed by atoms with Gasteiger partial charge in [-0.15, -0.1) is 0 Å². The molecule has 4 heteroatoms. The second-order valence-electron chi connectivity index (χ2n) is 4.79. The Bertz CT molecular complexity index is 374. The summed E-state index contributed by atoms with van der Waals surface area (Å²) in [6.07, 6.45) is 6.50. The van der Waals surface area contributed by atoms with Gasteiger partial charge in [0.25, 0.3) is 0 Å². The third-order valence-electron chi connectivity index (χ3n) is 3.45. The molecule has 1 saturated heterocycles. The molecular weight excluding hydrogens is 226 g/mol. The summed E-state index contributed by atoms with van der Waals surface area (Å²) in [5.74, 6) is 0.280. The summed E-state index contributed by atoms with van der Waals surface area (Å²) in [6, 6.07) is 4.26. The number of nitrogens with one attached hydrogen (secondary N) is 1. The summed E-state index contributed by atoms with van der Waals surface area (Å²) >= 11 is 0. The number of likely N-dealkylation sites (tertiary alicyclic amines) is 1. The van der Waals surface area contributed by atoms with Crippen LogP contribution in [0.15, 0.2) is 24.5 Å². The molecule has 0 radical (unpaired) electrons. The summed E-state index contributed by atoms with van der Waals surface area (Å²) in [5.41, 5.74) is 1.21. The predicted octanol–water partition coefficient (Wildman–Crippen LogP) is 1.74. The maximum atomic E-state index is 11.8. The number of carbonyl (C=O) groups excluding carboxylic acids is 1. The molecule has 0 saturated carbocycles. The van der Waals surface area contributed by atoms with Gasteiger partial charge in [0.15, 0.2) is 0 Å². The number of aromatic nitrogens is 1. The van der Waals surface area contributed by atoms with Gasteiger partial charge < -0.3 is 10.2 Å². The molecule has 0 bridgehead atoms. The van der Waals surface area contributed by atoms with E-state index < -0.39 is 0 Å². The molecule has 1 amide bonds. The molecule has 1 atom stereocenters. The Morgan fingerprint density at radius 1 is 1.39 bits per heavy atom. The van der Waals surface area contributed by atoms with Crippen LogP contribution >= 0.6 is 0 Å². The van der Waals surface area contributed by atoms with E-state index in [0.717, 1.165) is 32.5 Å². The third-order valence-corrected chi connectivity index (χ3v) is 3.45. The first-order chi connectivity index (χ1) is 8.77. The van der Waals surface area contributed by atoms with Crippen LogP contribution in [0.5, 0.6) is 0 Å². The summed E-state index contributed by atoms with van der Waals surface area (Å²) in [6.45, 7) is 4.73. The third kappa shape index (κ3) is 3.53.